The Balaban J connectivity index is 2.45. The molecule has 0 saturated heterocycles. The van der Waals surface area contributed by atoms with Crippen LogP contribution in [0, 0.1) is 0 Å². The summed E-state index contributed by atoms with van der Waals surface area (Å²) in [5.74, 6) is -0.396. The number of carboxylic acid groups (broad SMARTS) is 1. The normalized spacial score (nSPS) is 19.5. The zero-order chi connectivity index (χ0) is 12.4. The number of halogens is 1. The predicted octanol–water partition coefficient (Wildman–Crippen LogP) is 2.77. The molecule has 0 fully saturated rings. The molecular formula is C11H10ClNO3S. The lowest BCUT2D eigenvalue weighted by Gasteiger charge is -2.17. The molecule has 17 heavy (non-hydrogen) atoms. The Morgan fingerprint density at radius 2 is 2.47 bits per heavy atom. The highest BCUT2D eigenvalue weighted by Gasteiger charge is 2.24. The van der Waals surface area contributed by atoms with Gasteiger partial charge in [0.25, 0.3) is 0 Å². The summed E-state index contributed by atoms with van der Waals surface area (Å²) in [6, 6.07) is 0. The molecule has 4 nitrogen and oxygen atoms in total. The van der Waals surface area contributed by atoms with Crippen LogP contribution in [0.2, 0.25) is 0 Å². The van der Waals surface area contributed by atoms with Crippen LogP contribution in [-0.4, -0.2) is 28.5 Å². The molecule has 0 amide bonds. The largest absolute Gasteiger partial charge is 0.496 e. The number of ether oxygens (including phenoxy) is 1. The quantitative estimate of drug-likeness (QED) is 0.859. The van der Waals surface area contributed by atoms with Crippen LogP contribution in [0.25, 0.3) is 5.57 Å². The lowest BCUT2D eigenvalue weighted by Crippen LogP contribution is -2.09. The third-order valence-corrected chi connectivity index (χ3v) is 3.64. The molecule has 0 aromatic carbocycles. The van der Waals surface area contributed by atoms with Gasteiger partial charge >= 0.3 is 5.97 Å². The van der Waals surface area contributed by atoms with Gasteiger partial charge in [-0.1, -0.05) is 6.08 Å². The van der Waals surface area contributed by atoms with Crippen LogP contribution in [-0.2, 0) is 4.74 Å². The molecule has 1 aromatic heterocycles. The summed E-state index contributed by atoms with van der Waals surface area (Å²) in [4.78, 5) is 14.8. The first-order valence-electron chi connectivity index (χ1n) is 4.91. The first-order valence-corrected chi connectivity index (χ1v) is 6.23. The minimum atomic E-state index is -1.04. The monoisotopic (exact) mass is 271 g/mol. The number of alkyl halides is 1. The first kappa shape index (κ1) is 12.1. The number of hydrogen-bond donors (Lipinski definition) is 1. The lowest BCUT2D eigenvalue weighted by molar-refractivity contribution is 0.0691. The number of thiazole rings is 1. The van der Waals surface area contributed by atoms with Gasteiger partial charge in [-0.05, 0) is 12.5 Å². The fourth-order valence-corrected chi connectivity index (χ4v) is 2.85. The van der Waals surface area contributed by atoms with E-state index in [4.69, 9.17) is 21.4 Å². The Labute approximate surface area is 107 Å². The fourth-order valence-electron chi connectivity index (χ4n) is 1.57. The molecule has 1 aliphatic carbocycles. The average Bonchev–Trinajstić information content (AvgIpc) is 2.77. The van der Waals surface area contributed by atoms with Crippen molar-refractivity contribution in [2.24, 2.45) is 0 Å². The van der Waals surface area contributed by atoms with E-state index < -0.39 is 5.97 Å². The summed E-state index contributed by atoms with van der Waals surface area (Å²) in [5.41, 5.74) is 0.792. The van der Waals surface area contributed by atoms with Crippen molar-refractivity contribution in [3.63, 3.8) is 0 Å². The molecule has 90 valence electrons. The number of methoxy groups -OCH3 is 1. The predicted molar refractivity (Wildman–Crippen MR) is 66.4 cm³/mol. The van der Waals surface area contributed by atoms with Gasteiger partial charge in [0.1, 0.15) is 10.8 Å². The second-order valence-electron chi connectivity index (χ2n) is 3.43. The van der Waals surface area contributed by atoms with Crippen LogP contribution < -0.4 is 0 Å². The van der Waals surface area contributed by atoms with Gasteiger partial charge in [-0.15, -0.1) is 22.9 Å². The zero-order valence-corrected chi connectivity index (χ0v) is 10.6. The molecule has 0 bridgehead atoms. The lowest BCUT2D eigenvalue weighted by atomic mass is 10.0. The van der Waals surface area contributed by atoms with Crippen molar-refractivity contribution in [1.29, 1.82) is 0 Å². The second-order valence-corrected chi connectivity index (χ2v) is 4.82. The molecule has 0 aliphatic heterocycles. The molecule has 1 aliphatic rings. The Morgan fingerprint density at radius 1 is 1.71 bits per heavy atom. The molecule has 0 radical (unpaired) electrons. The van der Waals surface area contributed by atoms with Gasteiger partial charge in [-0.2, -0.15) is 0 Å². The van der Waals surface area contributed by atoms with E-state index in [1.165, 1.54) is 16.7 Å². The van der Waals surface area contributed by atoms with Crippen molar-refractivity contribution in [3.05, 3.63) is 34.0 Å². The molecular weight excluding hydrogens is 262 g/mol. The van der Waals surface area contributed by atoms with Crippen LogP contribution >= 0.6 is 22.9 Å². The van der Waals surface area contributed by atoms with Crippen molar-refractivity contribution in [2.75, 3.05) is 7.11 Å². The molecule has 1 atom stereocenters. The van der Waals surface area contributed by atoms with E-state index >= 15 is 0 Å². The number of nitrogens with zero attached hydrogens (tertiary/aromatic N) is 1. The fraction of sp³-hybridized carbons (Fsp3) is 0.273. The smallest absolute Gasteiger partial charge is 0.355 e. The molecule has 1 unspecified atom stereocenters. The molecule has 0 saturated carbocycles. The number of aromatic nitrogens is 1. The highest BCUT2D eigenvalue weighted by atomic mass is 35.5. The SMILES string of the molecule is COC1=C(c2nc(C(=O)O)cs2)C(Cl)CC=C1. The Kier molecular flexibility index (Phi) is 3.49. The van der Waals surface area contributed by atoms with Gasteiger partial charge in [-0.25, -0.2) is 9.78 Å². The van der Waals surface area contributed by atoms with Crippen molar-refractivity contribution in [1.82, 2.24) is 4.98 Å². The standard InChI is InChI=1S/C11H10ClNO3S/c1-16-8-4-2-3-6(12)9(8)10-13-7(5-17-10)11(14)15/h2,4-6H,3H2,1H3,(H,14,15). The van der Waals surface area contributed by atoms with Crippen LogP contribution in [0.1, 0.15) is 21.9 Å². The van der Waals surface area contributed by atoms with E-state index in [1.807, 2.05) is 12.2 Å². The first-order chi connectivity index (χ1) is 8.13. The van der Waals surface area contributed by atoms with Gasteiger partial charge < -0.3 is 9.84 Å². The molecule has 0 spiro atoms. The maximum Gasteiger partial charge on any atom is 0.355 e. The molecule has 2 rings (SSSR count). The van der Waals surface area contributed by atoms with Crippen LogP contribution in [0.15, 0.2) is 23.3 Å². The number of carbonyl (C=O) groups is 1. The zero-order valence-electron chi connectivity index (χ0n) is 9.01. The van der Waals surface area contributed by atoms with Crippen molar-refractivity contribution in [3.8, 4) is 0 Å². The third kappa shape index (κ3) is 2.35. The van der Waals surface area contributed by atoms with Gasteiger partial charge in [0.15, 0.2) is 5.69 Å². The van der Waals surface area contributed by atoms with E-state index in [2.05, 4.69) is 4.98 Å². The van der Waals surface area contributed by atoms with E-state index in [-0.39, 0.29) is 11.1 Å². The maximum atomic E-state index is 10.8. The summed E-state index contributed by atoms with van der Waals surface area (Å²) in [7, 11) is 1.56. The summed E-state index contributed by atoms with van der Waals surface area (Å²) < 4.78 is 5.23. The molecule has 1 N–H and O–H groups in total. The van der Waals surface area contributed by atoms with Crippen molar-refractivity contribution >= 4 is 34.5 Å². The number of aromatic carboxylic acids is 1. The van der Waals surface area contributed by atoms with Gasteiger partial charge in [0, 0.05) is 11.0 Å². The van der Waals surface area contributed by atoms with Crippen molar-refractivity contribution < 1.29 is 14.6 Å². The van der Waals surface area contributed by atoms with Crippen LogP contribution in [0.3, 0.4) is 0 Å². The average molecular weight is 272 g/mol. The highest BCUT2D eigenvalue weighted by molar-refractivity contribution is 7.11. The third-order valence-electron chi connectivity index (χ3n) is 2.36. The topological polar surface area (TPSA) is 59.4 Å². The number of rotatable bonds is 3. The minimum Gasteiger partial charge on any atom is -0.496 e. The molecule has 1 heterocycles. The molecule has 6 heteroatoms. The van der Waals surface area contributed by atoms with Crippen LogP contribution in [0.5, 0.6) is 0 Å². The van der Waals surface area contributed by atoms with E-state index in [0.29, 0.717) is 17.2 Å². The van der Waals surface area contributed by atoms with E-state index in [9.17, 15) is 4.79 Å². The van der Waals surface area contributed by atoms with E-state index in [1.54, 1.807) is 7.11 Å². The summed E-state index contributed by atoms with van der Waals surface area (Å²) >= 11 is 7.47. The number of hydrogen-bond acceptors (Lipinski definition) is 4. The van der Waals surface area contributed by atoms with Crippen molar-refractivity contribution in [2.45, 2.75) is 11.8 Å². The maximum absolute atomic E-state index is 10.8. The Hall–Kier alpha value is -1.33. The van der Waals surface area contributed by atoms with Crippen LogP contribution in [0.4, 0.5) is 0 Å². The van der Waals surface area contributed by atoms with Gasteiger partial charge in [0.2, 0.25) is 0 Å². The number of allylic oxidation sites excluding steroid dienone is 3. The summed E-state index contributed by atoms with van der Waals surface area (Å²) in [6.45, 7) is 0. The van der Waals surface area contributed by atoms with Gasteiger partial charge in [-0.3, -0.25) is 0 Å². The van der Waals surface area contributed by atoms with Gasteiger partial charge in [0.05, 0.1) is 12.5 Å². The Morgan fingerprint density at radius 3 is 3.06 bits per heavy atom. The van der Waals surface area contributed by atoms with E-state index in [0.717, 1.165) is 5.57 Å². The minimum absolute atomic E-state index is 0.0337. The summed E-state index contributed by atoms with van der Waals surface area (Å²) in [5, 5.41) is 10.7. The summed E-state index contributed by atoms with van der Waals surface area (Å²) in [6.07, 6.45) is 4.44. The Bertz CT molecular complexity index is 507. The molecule has 1 aromatic rings. The highest BCUT2D eigenvalue weighted by Crippen LogP contribution is 2.34. The second kappa shape index (κ2) is 4.89. The number of carboxylic acids is 1.